The molecule has 0 atom stereocenters. The molecule has 2 rings (SSSR count). The van der Waals surface area contributed by atoms with Crippen LogP contribution in [-0.2, 0) is 19.4 Å². The topological polar surface area (TPSA) is 38.3 Å². The lowest BCUT2D eigenvalue weighted by atomic mass is 10.0. The van der Waals surface area contributed by atoms with Gasteiger partial charge >= 0.3 is 0 Å². The van der Waals surface area contributed by atoms with Crippen molar-refractivity contribution in [2.24, 2.45) is 0 Å². The number of rotatable bonds is 7. The minimum absolute atomic E-state index is 0.0583. The van der Waals surface area contributed by atoms with E-state index in [1.54, 1.807) is 12.1 Å². The van der Waals surface area contributed by atoms with Crippen molar-refractivity contribution in [2.75, 3.05) is 6.61 Å². The molecule has 23 heavy (non-hydrogen) atoms. The Morgan fingerprint density at radius 2 is 1.70 bits per heavy atom. The standard InChI is InChI=1S/C20H25NO2/c1-4-15-7-8-16(5-2)18(13-15)14-21-20(22)17-9-11-19(12-10-17)23-6-3/h7-13H,4-6,14H2,1-3H3,(H,21,22). The van der Waals surface area contributed by atoms with Crippen molar-refractivity contribution in [3.8, 4) is 5.75 Å². The molecule has 0 spiro atoms. The van der Waals surface area contributed by atoms with Gasteiger partial charge in [-0.1, -0.05) is 32.0 Å². The number of hydrogen-bond acceptors (Lipinski definition) is 2. The summed E-state index contributed by atoms with van der Waals surface area (Å²) in [6.45, 7) is 7.40. The van der Waals surface area contributed by atoms with Crippen LogP contribution in [-0.4, -0.2) is 12.5 Å². The first-order chi connectivity index (χ1) is 11.2. The van der Waals surface area contributed by atoms with Crippen LogP contribution < -0.4 is 10.1 Å². The van der Waals surface area contributed by atoms with E-state index in [9.17, 15) is 4.79 Å². The fourth-order valence-corrected chi connectivity index (χ4v) is 2.56. The average Bonchev–Trinajstić information content (AvgIpc) is 2.60. The maximum Gasteiger partial charge on any atom is 0.251 e. The second-order valence-electron chi connectivity index (χ2n) is 5.45. The van der Waals surface area contributed by atoms with E-state index in [0.717, 1.165) is 18.6 Å². The van der Waals surface area contributed by atoms with E-state index < -0.39 is 0 Å². The summed E-state index contributed by atoms with van der Waals surface area (Å²) in [5.74, 6) is 0.727. The highest BCUT2D eigenvalue weighted by atomic mass is 16.5. The fourth-order valence-electron chi connectivity index (χ4n) is 2.56. The molecule has 0 fully saturated rings. The van der Waals surface area contributed by atoms with Crippen molar-refractivity contribution in [3.05, 3.63) is 64.7 Å². The lowest BCUT2D eigenvalue weighted by molar-refractivity contribution is 0.0951. The SMILES string of the molecule is CCOc1ccc(C(=O)NCc2cc(CC)ccc2CC)cc1. The number of aryl methyl sites for hydroxylation is 2. The summed E-state index contributed by atoms with van der Waals surface area (Å²) in [7, 11) is 0. The van der Waals surface area contributed by atoms with Crippen LogP contribution in [0.15, 0.2) is 42.5 Å². The third-order valence-corrected chi connectivity index (χ3v) is 3.93. The Morgan fingerprint density at radius 1 is 0.957 bits per heavy atom. The van der Waals surface area contributed by atoms with Gasteiger partial charge in [0, 0.05) is 12.1 Å². The molecule has 1 N–H and O–H groups in total. The van der Waals surface area contributed by atoms with Crippen LogP contribution in [0.4, 0.5) is 0 Å². The molecular weight excluding hydrogens is 286 g/mol. The van der Waals surface area contributed by atoms with Crippen LogP contribution in [0.25, 0.3) is 0 Å². The van der Waals surface area contributed by atoms with Crippen molar-refractivity contribution < 1.29 is 9.53 Å². The van der Waals surface area contributed by atoms with Gasteiger partial charge in [-0.25, -0.2) is 0 Å². The highest BCUT2D eigenvalue weighted by Gasteiger charge is 2.08. The number of nitrogens with one attached hydrogen (secondary N) is 1. The monoisotopic (exact) mass is 311 g/mol. The van der Waals surface area contributed by atoms with Crippen molar-refractivity contribution in [2.45, 2.75) is 40.2 Å². The first kappa shape index (κ1) is 17.1. The Morgan fingerprint density at radius 3 is 2.30 bits per heavy atom. The van der Waals surface area contributed by atoms with Gasteiger partial charge in [0.05, 0.1) is 6.61 Å². The highest BCUT2D eigenvalue weighted by molar-refractivity contribution is 5.94. The molecule has 122 valence electrons. The third-order valence-electron chi connectivity index (χ3n) is 3.93. The van der Waals surface area contributed by atoms with E-state index in [1.807, 2.05) is 19.1 Å². The zero-order chi connectivity index (χ0) is 16.7. The smallest absolute Gasteiger partial charge is 0.251 e. The quantitative estimate of drug-likeness (QED) is 0.834. The lowest BCUT2D eigenvalue weighted by Gasteiger charge is -2.12. The van der Waals surface area contributed by atoms with E-state index in [1.165, 1.54) is 16.7 Å². The molecule has 0 saturated carbocycles. The number of benzene rings is 2. The molecular formula is C20H25NO2. The van der Waals surface area contributed by atoms with Crippen LogP contribution in [0.3, 0.4) is 0 Å². The molecule has 0 aliphatic heterocycles. The molecule has 0 saturated heterocycles. The van der Waals surface area contributed by atoms with Gasteiger partial charge in [-0.2, -0.15) is 0 Å². The summed E-state index contributed by atoms with van der Waals surface area (Å²) in [5, 5.41) is 3.01. The van der Waals surface area contributed by atoms with Crippen molar-refractivity contribution in [1.82, 2.24) is 5.32 Å². The normalized spacial score (nSPS) is 10.4. The zero-order valence-electron chi connectivity index (χ0n) is 14.2. The van der Waals surface area contributed by atoms with E-state index in [-0.39, 0.29) is 5.91 Å². The number of ether oxygens (including phenoxy) is 1. The molecule has 2 aromatic carbocycles. The number of amides is 1. The predicted octanol–water partition coefficient (Wildman–Crippen LogP) is 4.14. The maximum absolute atomic E-state index is 12.3. The highest BCUT2D eigenvalue weighted by Crippen LogP contribution is 2.15. The van der Waals surface area contributed by atoms with E-state index >= 15 is 0 Å². The first-order valence-corrected chi connectivity index (χ1v) is 8.29. The van der Waals surface area contributed by atoms with E-state index in [2.05, 4.69) is 37.4 Å². The van der Waals surface area contributed by atoms with Gasteiger partial charge < -0.3 is 10.1 Å². The molecule has 2 aromatic rings. The van der Waals surface area contributed by atoms with Gasteiger partial charge in [0.1, 0.15) is 5.75 Å². The minimum atomic E-state index is -0.0583. The van der Waals surface area contributed by atoms with Gasteiger partial charge in [-0.05, 0) is 60.7 Å². The van der Waals surface area contributed by atoms with Gasteiger partial charge in [0.15, 0.2) is 0 Å². The second-order valence-corrected chi connectivity index (χ2v) is 5.45. The van der Waals surface area contributed by atoms with E-state index in [0.29, 0.717) is 18.7 Å². The molecule has 0 aliphatic carbocycles. The molecule has 0 heterocycles. The zero-order valence-corrected chi connectivity index (χ0v) is 14.2. The summed E-state index contributed by atoms with van der Waals surface area (Å²) in [6.07, 6.45) is 1.97. The summed E-state index contributed by atoms with van der Waals surface area (Å²) < 4.78 is 5.39. The van der Waals surface area contributed by atoms with Crippen LogP contribution in [0.1, 0.15) is 47.8 Å². The lowest BCUT2D eigenvalue weighted by Crippen LogP contribution is -2.23. The molecule has 0 unspecified atom stereocenters. The first-order valence-electron chi connectivity index (χ1n) is 8.29. The maximum atomic E-state index is 12.3. The molecule has 0 radical (unpaired) electrons. The van der Waals surface area contributed by atoms with Gasteiger partial charge in [0.2, 0.25) is 0 Å². The third kappa shape index (κ3) is 4.59. The van der Waals surface area contributed by atoms with Crippen LogP contribution in [0.5, 0.6) is 5.75 Å². The molecule has 0 aromatic heterocycles. The Hall–Kier alpha value is -2.29. The Kier molecular flexibility index (Phi) is 6.21. The molecule has 1 amide bonds. The summed E-state index contributed by atoms with van der Waals surface area (Å²) in [6, 6.07) is 13.8. The van der Waals surface area contributed by atoms with Crippen LogP contribution in [0, 0.1) is 0 Å². The Bertz CT molecular complexity index is 647. The summed E-state index contributed by atoms with van der Waals surface area (Å²) in [5.41, 5.74) is 4.44. The van der Waals surface area contributed by atoms with E-state index in [4.69, 9.17) is 4.74 Å². The Balaban J connectivity index is 2.03. The van der Waals surface area contributed by atoms with Crippen molar-refractivity contribution >= 4 is 5.91 Å². The Labute approximate surface area is 138 Å². The average molecular weight is 311 g/mol. The van der Waals surface area contributed by atoms with Crippen molar-refractivity contribution in [1.29, 1.82) is 0 Å². The summed E-state index contributed by atoms with van der Waals surface area (Å²) >= 11 is 0. The van der Waals surface area contributed by atoms with Gasteiger partial charge in [-0.3, -0.25) is 4.79 Å². The minimum Gasteiger partial charge on any atom is -0.494 e. The molecule has 0 bridgehead atoms. The molecule has 3 heteroatoms. The number of hydrogen-bond donors (Lipinski definition) is 1. The van der Waals surface area contributed by atoms with Gasteiger partial charge in [0.25, 0.3) is 5.91 Å². The number of carbonyl (C=O) groups is 1. The fraction of sp³-hybridized carbons (Fsp3) is 0.350. The predicted molar refractivity (Wildman–Crippen MR) is 94.0 cm³/mol. The van der Waals surface area contributed by atoms with Crippen LogP contribution in [0.2, 0.25) is 0 Å². The summed E-state index contributed by atoms with van der Waals surface area (Å²) in [4.78, 5) is 12.3. The second kappa shape index (κ2) is 8.37. The molecule has 3 nitrogen and oxygen atoms in total. The van der Waals surface area contributed by atoms with Crippen LogP contribution >= 0.6 is 0 Å². The van der Waals surface area contributed by atoms with Crippen molar-refractivity contribution in [3.63, 3.8) is 0 Å². The largest absolute Gasteiger partial charge is 0.494 e. The van der Waals surface area contributed by atoms with Gasteiger partial charge in [-0.15, -0.1) is 0 Å². The molecule has 0 aliphatic rings. The number of carbonyl (C=O) groups excluding carboxylic acids is 1.